The first-order valence-corrected chi connectivity index (χ1v) is 9.69. The van der Waals surface area contributed by atoms with Crippen LogP contribution in [0.15, 0.2) is 0 Å². The zero-order valence-corrected chi connectivity index (χ0v) is 15.8. The van der Waals surface area contributed by atoms with E-state index < -0.39 is 0 Å². The number of aromatic amines is 1. The van der Waals surface area contributed by atoms with E-state index in [1.807, 2.05) is 0 Å². The van der Waals surface area contributed by atoms with Crippen LogP contribution in [0.4, 0.5) is 0 Å². The van der Waals surface area contributed by atoms with Gasteiger partial charge in [-0.15, -0.1) is 0 Å². The van der Waals surface area contributed by atoms with E-state index in [9.17, 15) is 14.4 Å². The number of carbonyl (C=O) groups is 3. The molecule has 0 aromatic carbocycles. The van der Waals surface area contributed by atoms with Gasteiger partial charge in [-0.05, 0) is 82.6 Å². The molecule has 4 fully saturated rings. The molecule has 5 heteroatoms. The lowest BCUT2D eigenvalue weighted by Gasteiger charge is -2.55. The first-order chi connectivity index (χ1) is 12.3. The number of aryl methyl sites for hydroxylation is 1. The molecule has 5 nitrogen and oxygen atoms in total. The topological polar surface area (TPSA) is 76.2 Å². The SMILES string of the molecule is CC(=O)c1c(C)[nH]c(C(=O)COC(=O)C23CC4CC(CC(C4)C2)C3)c1C. The van der Waals surface area contributed by atoms with Gasteiger partial charge in [0, 0.05) is 11.3 Å². The largest absolute Gasteiger partial charge is 0.457 e. The number of aromatic nitrogens is 1. The van der Waals surface area contributed by atoms with Crippen LogP contribution >= 0.6 is 0 Å². The minimum Gasteiger partial charge on any atom is -0.457 e. The van der Waals surface area contributed by atoms with Gasteiger partial charge in [-0.25, -0.2) is 0 Å². The van der Waals surface area contributed by atoms with Gasteiger partial charge in [-0.2, -0.15) is 0 Å². The highest BCUT2D eigenvalue weighted by Crippen LogP contribution is 2.60. The van der Waals surface area contributed by atoms with E-state index in [-0.39, 0.29) is 29.6 Å². The zero-order valence-electron chi connectivity index (χ0n) is 15.8. The summed E-state index contributed by atoms with van der Waals surface area (Å²) in [4.78, 5) is 40.1. The molecule has 140 valence electrons. The lowest BCUT2D eigenvalue weighted by atomic mass is 9.49. The minimum atomic E-state index is -0.347. The number of hydrogen-bond acceptors (Lipinski definition) is 4. The molecule has 1 aromatic rings. The normalized spacial score (nSPS) is 31.9. The molecule has 0 saturated heterocycles. The third kappa shape index (κ3) is 2.72. The predicted octanol–water partition coefficient (Wildman–Crippen LogP) is 3.78. The van der Waals surface area contributed by atoms with Crippen molar-refractivity contribution in [2.24, 2.45) is 23.2 Å². The van der Waals surface area contributed by atoms with Crippen LogP contribution in [-0.2, 0) is 9.53 Å². The molecule has 4 aliphatic rings. The maximum Gasteiger partial charge on any atom is 0.312 e. The van der Waals surface area contributed by atoms with Gasteiger partial charge in [0.2, 0.25) is 5.78 Å². The fraction of sp³-hybridized carbons (Fsp3) is 0.667. The molecule has 0 atom stereocenters. The fourth-order valence-corrected chi connectivity index (χ4v) is 6.27. The van der Waals surface area contributed by atoms with Crippen molar-refractivity contribution in [3.8, 4) is 0 Å². The molecule has 26 heavy (non-hydrogen) atoms. The van der Waals surface area contributed by atoms with E-state index in [4.69, 9.17) is 4.74 Å². The molecule has 1 aromatic heterocycles. The predicted molar refractivity (Wildman–Crippen MR) is 96.2 cm³/mol. The van der Waals surface area contributed by atoms with Crippen molar-refractivity contribution in [3.05, 3.63) is 22.5 Å². The van der Waals surface area contributed by atoms with Gasteiger partial charge in [0.15, 0.2) is 12.4 Å². The minimum absolute atomic E-state index is 0.0686. The number of esters is 1. The van der Waals surface area contributed by atoms with E-state index in [0.717, 1.165) is 19.3 Å². The Hall–Kier alpha value is -1.91. The zero-order chi connectivity index (χ0) is 18.6. The molecule has 1 N–H and O–H groups in total. The number of ether oxygens (including phenoxy) is 1. The van der Waals surface area contributed by atoms with Crippen LogP contribution in [0.3, 0.4) is 0 Å². The second-order valence-corrected chi connectivity index (χ2v) is 8.88. The van der Waals surface area contributed by atoms with Crippen molar-refractivity contribution in [2.45, 2.75) is 59.3 Å². The number of rotatable bonds is 5. The summed E-state index contributed by atoms with van der Waals surface area (Å²) in [6.45, 7) is 4.78. The quantitative estimate of drug-likeness (QED) is 0.643. The molecule has 0 radical (unpaired) electrons. The average molecular weight is 357 g/mol. The maximum absolute atomic E-state index is 12.9. The van der Waals surface area contributed by atoms with Crippen LogP contribution < -0.4 is 0 Å². The highest BCUT2D eigenvalue weighted by atomic mass is 16.5. The first-order valence-electron chi connectivity index (χ1n) is 9.69. The van der Waals surface area contributed by atoms with Crippen LogP contribution in [0, 0.1) is 37.0 Å². The third-order valence-electron chi connectivity index (χ3n) is 6.87. The van der Waals surface area contributed by atoms with E-state index in [2.05, 4.69) is 4.98 Å². The summed E-state index contributed by atoms with van der Waals surface area (Å²) in [6.07, 6.45) is 6.59. The number of carbonyl (C=O) groups excluding carboxylic acids is 3. The smallest absolute Gasteiger partial charge is 0.312 e. The van der Waals surface area contributed by atoms with Gasteiger partial charge in [0.05, 0.1) is 11.1 Å². The van der Waals surface area contributed by atoms with Crippen molar-refractivity contribution < 1.29 is 19.1 Å². The van der Waals surface area contributed by atoms with Crippen LogP contribution in [0.5, 0.6) is 0 Å². The van der Waals surface area contributed by atoms with Gasteiger partial charge in [-0.1, -0.05) is 0 Å². The average Bonchev–Trinajstić information content (AvgIpc) is 2.85. The van der Waals surface area contributed by atoms with Crippen LogP contribution in [0.25, 0.3) is 0 Å². The van der Waals surface area contributed by atoms with Crippen molar-refractivity contribution in [1.82, 2.24) is 4.98 Å². The fourth-order valence-electron chi connectivity index (χ4n) is 6.27. The molecular weight excluding hydrogens is 330 g/mol. The summed E-state index contributed by atoms with van der Waals surface area (Å²) < 4.78 is 5.51. The van der Waals surface area contributed by atoms with Gasteiger partial charge in [0.1, 0.15) is 0 Å². The van der Waals surface area contributed by atoms with E-state index in [0.29, 0.717) is 40.3 Å². The Morgan fingerprint density at radius 2 is 1.58 bits per heavy atom. The lowest BCUT2D eigenvalue weighted by molar-refractivity contribution is -0.170. The molecule has 0 spiro atoms. The Labute approximate surface area is 153 Å². The molecular formula is C21H27NO4. The Kier molecular flexibility index (Phi) is 4.08. The van der Waals surface area contributed by atoms with Crippen LogP contribution in [0.1, 0.15) is 77.6 Å². The van der Waals surface area contributed by atoms with Crippen LogP contribution in [0.2, 0.25) is 0 Å². The van der Waals surface area contributed by atoms with E-state index in [1.165, 1.54) is 26.2 Å². The van der Waals surface area contributed by atoms with Crippen molar-refractivity contribution >= 4 is 17.5 Å². The Morgan fingerprint density at radius 3 is 2.04 bits per heavy atom. The number of H-pyrrole nitrogens is 1. The summed E-state index contributed by atoms with van der Waals surface area (Å²) in [7, 11) is 0. The highest BCUT2D eigenvalue weighted by Gasteiger charge is 2.55. The number of ketones is 2. The van der Waals surface area contributed by atoms with Gasteiger partial charge >= 0.3 is 5.97 Å². The summed E-state index contributed by atoms with van der Waals surface area (Å²) in [6, 6.07) is 0. The standard InChI is InChI=1S/C21H27NO4/c1-11-18(13(3)23)12(2)22-19(11)17(24)10-26-20(25)21-7-14-4-15(8-21)6-16(5-14)9-21/h14-16,22H,4-10H2,1-3H3. The maximum atomic E-state index is 12.9. The molecule has 0 aliphatic heterocycles. The molecule has 4 aliphatic carbocycles. The van der Waals surface area contributed by atoms with Gasteiger partial charge < -0.3 is 9.72 Å². The summed E-state index contributed by atoms with van der Waals surface area (Å²) >= 11 is 0. The van der Waals surface area contributed by atoms with E-state index >= 15 is 0 Å². The van der Waals surface area contributed by atoms with Gasteiger partial charge in [-0.3, -0.25) is 14.4 Å². The third-order valence-corrected chi connectivity index (χ3v) is 6.87. The Morgan fingerprint density at radius 1 is 1.04 bits per heavy atom. The summed E-state index contributed by atoms with van der Waals surface area (Å²) in [5.41, 5.74) is 1.92. The first kappa shape index (κ1) is 17.5. The van der Waals surface area contributed by atoms with Gasteiger partial charge in [0.25, 0.3) is 0 Å². The van der Waals surface area contributed by atoms with Crippen LogP contribution in [-0.4, -0.2) is 29.1 Å². The second kappa shape index (κ2) is 6.07. The van der Waals surface area contributed by atoms with Crippen molar-refractivity contribution in [1.29, 1.82) is 0 Å². The molecule has 1 heterocycles. The second-order valence-electron chi connectivity index (χ2n) is 8.88. The number of nitrogens with one attached hydrogen (secondary N) is 1. The Balaban J connectivity index is 1.45. The van der Waals surface area contributed by atoms with Crippen molar-refractivity contribution in [3.63, 3.8) is 0 Å². The summed E-state index contributed by atoms with van der Waals surface area (Å²) in [5.74, 6) is 1.47. The lowest BCUT2D eigenvalue weighted by Crippen LogP contribution is -2.50. The van der Waals surface area contributed by atoms with Crippen molar-refractivity contribution in [2.75, 3.05) is 6.61 Å². The molecule has 0 amide bonds. The molecule has 4 saturated carbocycles. The monoisotopic (exact) mass is 357 g/mol. The highest BCUT2D eigenvalue weighted by molar-refractivity contribution is 6.04. The van der Waals surface area contributed by atoms with E-state index in [1.54, 1.807) is 13.8 Å². The Bertz CT molecular complexity index is 753. The number of hydrogen-bond donors (Lipinski definition) is 1. The summed E-state index contributed by atoms with van der Waals surface area (Å²) in [5, 5.41) is 0. The number of Topliss-reactive ketones (excluding diaryl/α,β-unsaturated/α-hetero) is 2. The molecule has 4 bridgehead atoms. The molecule has 5 rings (SSSR count). The molecule has 0 unspecified atom stereocenters.